The summed E-state index contributed by atoms with van der Waals surface area (Å²) in [6, 6.07) is 20.2. The van der Waals surface area contributed by atoms with Gasteiger partial charge >= 0.3 is 5.97 Å². The van der Waals surface area contributed by atoms with Crippen LogP contribution in [0.1, 0.15) is 11.1 Å². The first-order chi connectivity index (χ1) is 10.3. The van der Waals surface area contributed by atoms with Gasteiger partial charge in [-0.25, -0.2) is 4.79 Å². The molecule has 1 atom stereocenters. The molecular formula is C18H17NO2. The van der Waals surface area contributed by atoms with Crippen LogP contribution in [0.15, 0.2) is 72.4 Å². The monoisotopic (exact) mass is 279 g/mol. The molecule has 0 spiro atoms. The Labute approximate surface area is 124 Å². The van der Waals surface area contributed by atoms with E-state index in [0.29, 0.717) is 13.0 Å². The Hall–Kier alpha value is -2.55. The number of carbonyl (C=O) groups is 1. The molecule has 106 valence electrons. The van der Waals surface area contributed by atoms with Crippen LogP contribution in [0.3, 0.4) is 0 Å². The van der Waals surface area contributed by atoms with E-state index in [1.807, 2.05) is 48.5 Å². The third-order valence-corrected chi connectivity index (χ3v) is 3.48. The van der Waals surface area contributed by atoms with E-state index >= 15 is 0 Å². The first-order valence-electron chi connectivity index (χ1n) is 7.05. The topological polar surface area (TPSA) is 38.3 Å². The number of rotatable bonds is 5. The van der Waals surface area contributed by atoms with Crippen LogP contribution in [0, 0.1) is 0 Å². The SMILES string of the molecule is O=C1C=C(NCc2ccccc2)C(Cc2ccccc2)O1. The van der Waals surface area contributed by atoms with Gasteiger partial charge in [-0.05, 0) is 11.1 Å². The van der Waals surface area contributed by atoms with Crippen molar-refractivity contribution in [3.05, 3.63) is 83.6 Å². The number of cyclic esters (lactones) is 1. The minimum Gasteiger partial charge on any atom is -0.452 e. The van der Waals surface area contributed by atoms with Crippen LogP contribution in [0.4, 0.5) is 0 Å². The van der Waals surface area contributed by atoms with Crippen molar-refractivity contribution in [2.45, 2.75) is 19.1 Å². The van der Waals surface area contributed by atoms with E-state index < -0.39 is 0 Å². The quantitative estimate of drug-likeness (QED) is 0.855. The smallest absolute Gasteiger partial charge is 0.333 e. The molecule has 0 amide bonds. The van der Waals surface area contributed by atoms with Crippen molar-refractivity contribution in [3.8, 4) is 0 Å². The van der Waals surface area contributed by atoms with Crippen molar-refractivity contribution in [1.29, 1.82) is 0 Å². The Kier molecular flexibility index (Phi) is 4.01. The summed E-state index contributed by atoms with van der Waals surface area (Å²) in [5.41, 5.74) is 3.19. The van der Waals surface area contributed by atoms with Gasteiger partial charge in [-0.2, -0.15) is 0 Å². The third-order valence-electron chi connectivity index (χ3n) is 3.48. The summed E-state index contributed by atoms with van der Waals surface area (Å²) in [7, 11) is 0. The summed E-state index contributed by atoms with van der Waals surface area (Å²) in [6.45, 7) is 0.689. The van der Waals surface area contributed by atoms with E-state index in [4.69, 9.17) is 4.74 Å². The minimum atomic E-state index is -0.272. The highest BCUT2D eigenvalue weighted by Crippen LogP contribution is 2.18. The predicted molar refractivity (Wildman–Crippen MR) is 81.4 cm³/mol. The molecular weight excluding hydrogens is 262 g/mol. The zero-order valence-electron chi connectivity index (χ0n) is 11.7. The van der Waals surface area contributed by atoms with Crippen molar-refractivity contribution >= 4 is 5.97 Å². The molecule has 3 nitrogen and oxygen atoms in total. The van der Waals surface area contributed by atoms with Crippen molar-refractivity contribution in [3.63, 3.8) is 0 Å². The van der Waals surface area contributed by atoms with Crippen LogP contribution in [0.2, 0.25) is 0 Å². The molecule has 0 saturated carbocycles. The van der Waals surface area contributed by atoms with Gasteiger partial charge in [-0.1, -0.05) is 60.7 Å². The second-order valence-electron chi connectivity index (χ2n) is 5.05. The summed E-state index contributed by atoms with van der Waals surface area (Å²) < 4.78 is 5.37. The Morgan fingerprint density at radius 1 is 0.905 bits per heavy atom. The lowest BCUT2D eigenvalue weighted by molar-refractivity contribution is -0.138. The van der Waals surface area contributed by atoms with Crippen LogP contribution < -0.4 is 5.32 Å². The Morgan fingerprint density at radius 2 is 1.52 bits per heavy atom. The highest BCUT2D eigenvalue weighted by atomic mass is 16.5. The summed E-state index contributed by atoms with van der Waals surface area (Å²) in [5.74, 6) is -0.272. The van der Waals surface area contributed by atoms with Gasteiger partial charge in [0.15, 0.2) is 0 Å². The minimum absolute atomic E-state index is 0.219. The molecule has 3 rings (SSSR count). The molecule has 1 heterocycles. The van der Waals surface area contributed by atoms with Gasteiger partial charge in [0.25, 0.3) is 0 Å². The molecule has 0 fully saturated rings. The first-order valence-corrected chi connectivity index (χ1v) is 7.05. The number of carbonyl (C=O) groups excluding carboxylic acids is 1. The van der Waals surface area contributed by atoms with Gasteiger partial charge in [0.2, 0.25) is 0 Å². The standard InChI is InChI=1S/C18H17NO2/c20-18-12-16(19-13-15-9-5-2-6-10-15)17(21-18)11-14-7-3-1-4-8-14/h1-10,12,17,19H,11,13H2. The summed E-state index contributed by atoms with van der Waals surface area (Å²) >= 11 is 0. The summed E-state index contributed by atoms with van der Waals surface area (Å²) in [5, 5.41) is 3.31. The van der Waals surface area contributed by atoms with Gasteiger partial charge in [-0.15, -0.1) is 0 Å². The molecule has 0 saturated heterocycles. The zero-order chi connectivity index (χ0) is 14.5. The maximum atomic E-state index is 11.5. The molecule has 1 unspecified atom stereocenters. The molecule has 3 heteroatoms. The second kappa shape index (κ2) is 6.27. The number of esters is 1. The largest absolute Gasteiger partial charge is 0.452 e. The molecule has 0 bridgehead atoms. The molecule has 0 radical (unpaired) electrons. The van der Waals surface area contributed by atoms with Gasteiger partial charge in [0.05, 0.1) is 5.70 Å². The van der Waals surface area contributed by atoms with Crippen LogP contribution in [-0.4, -0.2) is 12.1 Å². The van der Waals surface area contributed by atoms with E-state index in [1.54, 1.807) is 6.08 Å². The predicted octanol–water partition coefficient (Wildman–Crippen LogP) is 2.83. The zero-order valence-corrected chi connectivity index (χ0v) is 11.7. The number of hydrogen-bond donors (Lipinski definition) is 1. The molecule has 1 aliphatic heterocycles. The lowest BCUT2D eigenvalue weighted by atomic mass is 10.1. The lowest BCUT2D eigenvalue weighted by Gasteiger charge is -2.16. The van der Waals surface area contributed by atoms with Crippen molar-refractivity contribution in [2.24, 2.45) is 0 Å². The Bertz CT molecular complexity index is 635. The van der Waals surface area contributed by atoms with E-state index in [9.17, 15) is 4.79 Å². The van der Waals surface area contributed by atoms with Crippen molar-refractivity contribution < 1.29 is 9.53 Å². The number of benzene rings is 2. The maximum absolute atomic E-state index is 11.5. The maximum Gasteiger partial charge on any atom is 0.333 e. The van der Waals surface area contributed by atoms with E-state index in [0.717, 1.165) is 11.3 Å². The fourth-order valence-corrected chi connectivity index (χ4v) is 2.40. The molecule has 1 N–H and O–H groups in total. The molecule has 0 aliphatic carbocycles. The van der Waals surface area contributed by atoms with Crippen molar-refractivity contribution in [1.82, 2.24) is 5.32 Å². The average Bonchev–Trinajstić information content (AvgIpc) is 2.87. The highest BCUT2D eigenvalue weighted by molar-refractivity contribution is 5.85. The van der Waals surface area contributed by atoms with Gasteiger partial charge in [0, 0.05) is 19.0 Å². The fourth-order valence-electron chi connectivity index (χ4n) is 2.40. The van der Waals surface area contributed by atoms with Crippen LogP contribution >= 0.6 is 0 Å². The van der Waals surface area contributed by atoms with Crippen LogP contribution in [0.25, 0.3) is 0 Å². The number of nitrogens with one attached hydrogen (secondary N) is 1. The average molecular weight is 279 g/mol. The van der Waals surface area contributed by atoms with Crippen LogP contribution in [0.5, 0.6) is 0 Å². The Morgan fingerprint density at radius 3 is 2.19 bits per heavy atom. The summed E-state index contributed by atoms with van der Waals surface area (Å²) in [6.07, 6.45) is 2.03. The van der Waals surface area contributed by atoms with E-state index in [1.165, 1.54) is 5.56 Å². The molecule has 0 aromatic heterocycles. The lowest BCUT2D eigenvalue weighted by Crippen LogP contribution is -2.24. The molecule has 2 aromatic carbocycles. The van der Waals surface area contributed by atoms with E-state index in [-0.39, 0.29) is 12.1 Å². The van der Waals surface area contributed by atoms with Gasteiger partial charge < -0.3 is 10.1 Å². The second-order valence-corrected chi connectivity index (χ2v) is 5.05. The first kappa shape index (κ1) is 13.4. The summed E-state index contributed by atoms with van der Waals surface area (Å²) in [4.78, 5) is 11.5. The fraction of sp³-hybridized carbons (Fsp3) is 0.167. The molecule has 1 aliphatic rings. The Balaban J connectivity index is 1.65. The van der Waals surface area contributed by atoms with Gasteiger partial charge in [-0.3, -0.25) is 0 Å². The van der Waals surface area contributed by atoms with Crippen LogP contribution in [-0.2, 0) is 22.5 Å². The van der Waals surface area contributed by atoms with Gasteiger partial charge in [0.1, 0.15) is 6.10 Å². The third kappa shape index (κ3) is 3.51. The molecule has 2 aromatic rings. The van der Waals surface area contributed by atoms with E-state index in [2.05, 4.69) is 17.4 Å². The number of ether oxygens (including phenoxy) is 1. The number of hydrogen-bond acceptors (Lipinski definition) is 3. The molecule has 21 heavy (non-hydrogen) atoms. The van der Waals surface area contributed by atoms with Crippen molar-refractivity contribution in [2.75, 3.05) is 0 Å². The normalized spacial score (nSPS) is 17.2. The highest BCUT2D eigenvalue weighted by Gasteiger charge is 2.26.